The van der Waals surface area contributed by atoms with Gasteiger partial charge in [0.1, 0.15) is 0 Å². The molecule has 118 valence electrons. The van der Waals surface area contributed by atoms with E-state index in [-0.39, 0.29) is 12.4 Å². The number of fused-ring (bicyclic) bond motifs is 1. The van der Waals surface area contributed by atoms with Crippen molar-refractivity contribution in [2.75, 3.05) is 37.8 Å². The quantitative estimate of drug-likeness (QED) is 0.772. The van der Waals surface area contributed by atoms with E-state index in [1.165, 1.54) is 63.0 Å². The first-order valence-electron chi connectivity index (χ1n) is 8.14. The minimum Gasteiger partial charge on any atom is -0.303 e. The van der Waals surface area contributed by atoms with E-state index in [0.717, 1.165) is 19.6 Å². The van der Waals surface area contributed by atoms with Gasteiger partial charge < -0.3 is 4.90 Å². The Morgan fingerprint density at radius 1 is 0.952 bits per heavy atom. The Morgan fingerprint density at radius 2 is 1.76 bits per heavy atom. The lowest BCUT2D eigenvalue weighted by molar-refractivity contribution is 0.0913. The topological polar surface area (TPSA) is 15.7 Å². The molecule has 2 heterocycles. The van der Waals surface area contributed by atoms with E-state index in [1.54, 1.807) is 0 Å². The molecule has 0 atom stereocenters. The Kier molecular flexibility index (Phi) is 6.81. The van der Waals surface area contributed by atoms with Crippen molar-refractivity contribution in [3.63, 3.8) is 0 Å². The smallest absolute Gasteiger partial charge is 0.0760 e. The molecule has 1 saturated heterocycles. The van der Waals surface area contributed by atoms with Gasteiger partial charge in [-0.05, 0) is 56.8 Å². The molecule has 0 spiro atoms. The first kappa shape index (κ1) is 16.6. The molecule has 0 saturated carbocycles. The minimum absolute atomic E-state index is 0. The predicted octanol–water partition coefficient (Wildman–Crippen LogP) is 3.67. The van der Waals surface area contributed by atoms with Gasteiger partial charge in [-0.1, -0.05) is 24.6 Å². The second-order valence-corrected chi connectivity index (χ2v) is 5.92. The molecule has 2 aliphatic rings. The molecule has 1 aromatic rings. The lowest BCUT2D eigenvalue weighted by Gasteiger charge is -2.31. The van der Waals surface area contributed by atoms with E-state index >= 15 is 0 Å². The molecule has 3 rings (SSSR count). The highest BCUT2D eigenvalue weighted by Crippen LogP contribution is 2.26. The molecule has 2 aliphatic heterocycles. The average molecular weight is 311 g/mol. The summed E-state index contributed by atoms with van der Waals surface area (Å²) in [6, 6.07) is 8.63. The van der Waals surface area contributed by atoms with Crippen LogP contribution in [0.4, 0.5) is 5.69 Å². The van der Waals surface area contributed by atoms with Gasteiger partial charge in [-0.25, -0.2) is 0 Å². The summed E-state index contributed by atoms with van der Waals surface area (Å²) in [6.45, 7) is 5.63. The summed E-state index contributed by atoms with van der Waals surface area (Å²) in [6.07, 6.45) is 7.68. The summed E-state index contributed by atoms with van der Waals surface area (Å²) in [5.41, 5.74) is 2.70. The van der Waals surface area contributed by atoms with Crippen molar-refractivity contribution in [2.24, 2.45) is 0 Å². The van der Waals surface area contributed by atoms with Crippen molar-refractivity contribution in [2.45, 2.75) is 38.5 Å². The number of rotatable bonds is 5. The molecule has 0 amide bonds. The Hall–Kier alpha value is -0.770. The minimum atomic E-state index is 0. The maximum Gasteiger partial charge on any atom is 0.0760 e. The van der Waals surface area contributed by atoms with Crippen LogP contribution in [0.1, 0.15) is 37.7 Å². The number of piperidine rings is 1. The fourth-order valence-corrected chi connectivity index (χ4v) is 3.28. The SMILES string of the molecule is Cl.c1ccc2c(c1)CCCN2OCCCN1CCCCC1. The molecular weight excluding hydrogens is 284 g/mol. The van der Waals surface area contributed by atoms with Crippen LogP contribution in [0.3, 0.4) is 0 Å². The summed E-state index contributed by atoms with van der Waals surface area (Å²) in [4.78, 5) is 8.59. The fraction of sp³-hybridized carbons (Fsp3) is 0.647. The van der Waals surface area contributed by atoms with Crippen LogP contribution in [0.15, 0.2) is 24.3 Å². The second-order valence-electron chi connectivity index (χ2n) is 5.92. The average Bonchev–Trinajstić information content (AvgIpc) is 2.53. The maximum atomic E-state index is 6.01. The van der Waals surface area contributed by atoms with Gasteiger partial charge >= 0.3 is 0 Å². The van der Waals surface area contributed by atoms with Crippen LogP contribution in [0.5, 0.6) is 0 Å². The van der Waals surface area contributed by atoms with Crippen molar-refractivity contribution in [3.8, 4) is 0 Å². The first-order chi connectivity index (χ1) is 9.93. The van der Waals surface area contributed by atoms with Crippen molar-refractivity contribution in [1.82, 2.24) is 4.90 Å². The van der Waals surface area contributed by atoms with Gasteiger partial charge in [-0.3, -0.25) is 9.90 Å². The molecule has 0 aliphatic carbocycles. The monoisotopic (exact) mass is 310 g/mol. The lowest BCUT2D eigenvalue weighted by Crippen LogP contribution is -2.33. The van der Waals surface area contributed by atoms with Crippen LogP contribution in [-0.2, 0) is 11.3 Å². The molecule has 4 heteroatoms. The van der Waals surface area contributed by atoms with E-state index in [0.29, 0.717) is 0 Å². The van der Waals surface area contributed by atoms with Crippen molar-refractivity contribution in [1.29, 1.82) is 0 Å². The number of anilines is 1. The number of likely N-dealkylation sites (tertiary alicyclic amines) is 1. The normalized spacial score (nSPS) is 19.0. The number of hydroxylamine groups is 1. The summed E-state index contributed by atoms with van der Waals surface area (Å²) in [5, 5.41) is 2.11. The summed E-state index contributed by atoms with van der Waals surface area (Å²) >= 11 is 0. The number of nitrogens with zero attached hydrogens (tertiary/aromatic N) is 2. The van der Waals surface area contributed by atoms with Crippen LogP contribution in [-0.4, -0.2) is 37.7 Å². The molecule has 0 N–H and O–H groups in total. The third-order valence-corrected chi connectivity index (χ3v) is 4.38. The predicted molar refractivity (Wildman–Crippen MR) is 90.2 cm³/mol. The third-order valence-electron chi connectivity index (χ3n) is 4.38. The highest BCUT2D eigenvalue weighted by molar-refractivity contribution is 5.85. The van der Waals surface area contributed by atoms with E-state index in [1.807, 2.05) is 0 Å². The largest absolute Gasteiger partial charge is 0.303 e. The lowest BCUT2D eigenvalue weighted by atomic mass is 10.0. The van der Waals surface area contributed by atoms with Crippen LogP contribution < -0.4 is 5.06 Å². The Labute approximate surface area is 134 Å². The van der Waals surface area contributed by atoms with Gasteiger partial charge in [-0.15, -0.1) is 12.4 Å². The van der Waals surface area contributed by atoms with Gasteiger partial charge in [0.15, 0.2) is 0 Å². The first-order valence-corrected chi connectivity index (χ1v) is 8.14. The van der Waals surface area contributed by atoms with Crippen LogP contribution in [0.25, 0.3) is 0 Å². The van der Waals surface area contributed by atoms with Gasteiger partial charge in [0.05, 0.1) is 12.3 Å². The second kappa shape index (κ2) is 8.62. The number of para-hydroxylation sites is 1. The molecule has 21 heavy (non-hydrogen) atoms. The van der Waals surface area contributed by atoms with E-state index in [9.17, 15) is 0 Å². The number of halogens is 1. The number of hydrogen-bond donors (Lipinski definition) is 0. The third kappa shape index (κ3) is 4.60. The van der Waals surface area contributed by atoms with E-state index in [2.05, 4.69) is 34.2 Å². The zero-order chi connectivity index (χ0) is 13.6. The Bertz CT molecular complexity index is 421. The molecule has 1 aromatic carbocycles. The summed E-state index contributed by atoms with van der Waals surface area (Å²) in [5.74, 6) is 0. The van der Waals surface area contributed by atoms with Crippen LogP contribution in [0.2, 0.25) is 0 Å². The summed E-state index contributed by atoms with van der Waals surface area (Å²) < 4.78 is 0. The number of hydrogen-bond acceptors (Lipinski definition) is 3. The summed E-state index contributed by atoms with van der Waals surface area (Å²) in [7, 11) is 0. The molecule has 1 fully saturated rings. The van der Waals surface area contributed by atoms with Gasteiger partial charge in [0.2, 0.25) is 0 Å². The van der Waals surface area contributed by atoms with E-state index in [4.69, 9.17) is 4.84 Å². The maximum absolute atomic E-state index is 6.01. The van der Waals surface area contributed by atoms with E-state index < -0.39 is 0 Å². The molecule has 0 bridgehead atoms. The fourth-order valence-electron chi connectivity index (χ4n) is 3.28. The zero-order valence-corrected chi connectivity index (χ0v) is 13.6. The van der Waals surface area contributed by atoms with Crippen molar-refractivity contribution in [3.05, 3.63) is 29.8 Å². The molecule has 0 aromatic heterocycles. The molecule has 0 radical (unpaired) electrons. The van der Waals surface area contributed by atoms with Gasteiger partial charge in [0.25, 0.3) is 0 Å². The molecule has 0 unspecified atom stereocenters. The Morgan fingerprint density at radius 3 is 2.62 bits per heavy atom. The number of aryl methyl sites for hydroxylation is 1. The van der Waals surface area contributed by atoms with Crippen LogP contribution in [0, 0.1) is 0 Å². The Balaban J connectivity index is 0.00000161. The number of benzene rings is 1. The highest BCUT2D eigenvalue weighted by Gasteiger charge is 2.16. The highest BCUT2D eigenvalue weighted by atomic mass is 35.5. The zero-order valence-electron chi connectivity index (χ0n) is 12.8. The van der Waals surface area contributed by atoms with Crippen molar-refractivity contribution >= 4 is 18.1 Å². The van der Waals surface area contributed by atoms with Gasteiger partial charge in [-0.2, -0.15) is 0 Å². The van der Waals surface area contributed by atoms with Gasteiger partial charge in [0, 0.05) is 13.1 Å². The molecule has 3 nitrogen and oxygen atoms in total. The van der Waals surface area contributed by atoms with Crippen molar-refractivity contribution < 1.29 is 4.84 Å². The van der Waals surface area contributed by atoms with Crippen LogP contribution >= 0.6 is 12.4 Å². The standard InChI is InChI=1S/C17H26N2O.ClH/c1-4-11-18(12-5-1)13-7-15-20-19-14-6-9-16-8-2-3-10-17(16)19;/h2-3,8,10H,1,4-7,9,11-15H2;1H. The molecular formula is C17H27ClN2O.